The van der Waals surface area contributed by atoms with Gasteiger partial charge in [0.2, 0.25) is 5.91 Å². The number of halogens is 1. The second-order valence-corrected chi connectivity index (χ2v) is 9.57. The first-order chi connectivity index (χ1) is 16.0. The molecule has 4 rings (SSSR count). The first kappa shape index (κ1) is 23.8. The summed E-state index contributed by atoms with van der Waals surface area (Å²) in [4.78, 5) is 14.9. The molecule has 1 amide bonds. The number of morpholine rings is 1. The highest BCUT2D eigenvalue weighted by atomic mass is 35.5. The van der Waals surface area contributed by atoms with E-state index in [2.05, 4.69) is 39.5 Å². The third-order valence-corrected chi connectivity index (χ3v) is 6.85. The summed E-state index contributed by atoms with van der Waals surface area (Å²) in [5, 5.41) is 12.5. The van der Waals surface area contributed by atoms with Crippen molar-refractivity contribution in [1.82, 2.24) is 25.0 Å². The largest absolute Gasteiger partial charge is 0.376 e. The number of aromatic nitrogens is 3. The number of thioether (sulfide) groups is 1. The molecule has 1 aliphatic rings. The van der Waals surface area contributed by atoms with E-state index in [4.69, 9.17) is 16.3 Å². The van der Waals surface area contributed by atoms with Gasteiger partial charge in [0.15, 0.2) is 5.16 Å². The smallest absolute Gasteiger partial charge is 0.230 e. The summed E-state index contributed by atoms with van der Waals surface area (Å²) in [5.74, 6) is 0.202. The number of ether oxygens (including phenoxy) is 1. The predicted octanol–water partition coefficient (Wildman–Crippen LogP) is 3.86. The van der Waals surface area contributed by atoms with Gasteiger partial charge in [-0.15, -0.1) is 10.2 Å². The Morgan fingerprint density at radius 2 is 2.12 bits per heavy atom. The van der Waals surface area contributed by atoms with Gasteiger partial charge in [0.05, 0.1) is 24.2 Å². The van der Waals surface area contributed by atoms with Crippen molar-refractivity contribution >= 4 is 29.3 Å². The zero-order valence-electron chi connectivity index (χ0n) is 18.8. The van der Waals surface area contributed by atoms with Gasteiger partial charge in [0, 0.05) is 31.2 Å². The number of carbonyl (C=O) groups excluding carboxylic acids is 1. The molecule has 7 nitrogen and oxygen atoms in total. The molecule has 1 aromatic heterocycles. The van der Waals surface area contributed by atoms with Gasteiger partial charge in [-0.2, -0.15) is 0 Å². The Kier molecular flexibility index (Phi) is 8.03. The summed E-state index contributed by atoms with van der Waals surface area (Å²) in [6, 6.07) is 14.2. The van der Waals surface area contributed by atoms with Crippen LogP contribution in [0.15, 0.2) is 53.9 Å². The van der Waals surface area contributed by atoms with E-state index < -0.39 is 0 Å². The van der Waals surface area contributed by atoms with Gasteiger partial charge in [-0.25, -0.2) is 0 Å². The highest BCUT2D eigenvalue weighted by Crippen LogP contribution is 2.23. The second kappa shape index (κ2) is 11.2. The number of carbonyl (C=O) groups is 1. The second-order valence-electron chi connectivity index (χ2n) is 8.22. The summed E-state index contributed by atoms with van der Waals surface area (Å²) < 4.78 is 7.45. The van der Waals surface area contributed by atoms with E-state index >= 15 is 0 Å². The van der Waals surface area contributed by atoms with Crippen LogP contribution in [-0.4, -0.2) is 57.1 Å². The van der Waals surface area contributed by atoms with Crippen LogP contribution in [0, 0.1) is 6.92 Å². The topological polar surface area (TPSA) is 72.3 Å². The van der Waals surface area contributed by atoms with Gasteiger partial charge in [-0.3, -0.25) is 14.3 Å². The normalized spacial score (nSPS) is 16.6. The number of hydrogen-bond acceptors (Lipinski definition) is 6. The van der Waals surface area contributed by atoms with Crippen LogP contribution in [0.3, 0.4) is 0 Å². The highest BCUT2D eigenvalue weighted by molar-refractivity contribution is 7.99. The van der Waals surface area contributed by atoms with Crippen LogP contribution in [0.4, 0.5) is 0 Å². The molecule has 1 atom stereocenters. The van der Waals surface area contributed by atoms with Crippen molar-refractivity contribution in [2.45, 2.75) is 38.2 Å². The third-order valence-electron chi connectivity index (χ3n) is 5.49. The number of benzene rings is 2. The molecule has 0 spiro atoms. The van der Waals surface area contributed by atoms with Gasteiger partial charge in [0.25, 0.3) is 0 Å². The summed E-state index contributed by atoms with van der Waals surface area (Å²) >= 11 is 7.59. The minimum Gasteiger partial charge on any atom is -0.376 e. The average Bonchev–Trinajstić information content (AvgIpc) is 3.27. The van der Waals surface area contributed by atoms with Crippen LogP contribution in [0.25, 0.3) is 5.69 Å². The monoisotopic (exact) mass is 485 g/mol. The first-order valence-corrected chi connectivity index (χ1v) is 12.3. The van der Waals surface area contributed by atoms with Gasteiger partial charge in [0.1, 0.15) is 6.33 Å². The van der Waals surface area contributed by atoms with E-state index in [9.17, 15) is 4.79 Å². The maximum absolute atomic E-state index is 12.5. The number of nitrogens with one attached hydrogen (secondary N) is 1. The molecule has 0 aliphatic carbocycles. The minimum absolute atomic E-state index is 0.0519. The third kappa shape index (κ3) is 6.57. The molecule has 1 saturated heterocycles. The van der Waals surface area contributed by atoms with Crippen molar-refractivity contribution < 1.29 is 9.53 Å². The predicted molar refractivity (Wildman–Crippen MR) is 131 cm³/mol. The van der Waals surface area contributed by atoms with Gasteiger partial charge in [-0.1, -0.05) is 53.7 Å². The van der Waals surface area contributed by atoms with Crippen molar-refractivity contribution in [2.24, 2.45) is 0 Å². The zero-order valence-corrected chi connectivity index (χ0v) is 20.4. The molecule has 1 unspecified atom stereocenters. The minimum atomic E-state index is -0.0519. The fourth-order valence-electron chi connectivity index (χ4n) is 3.74. The molecule has 2 aromatic carbocycles. The lowest BCUT2D eigenvalue weighted by Crippen LogP contribution is -2.40. The van der Waals surface area contributed by atoms with E-state index in [1.54, 1.807) is 6.33 Å². The van der Waals surface area contributed by atoms with Crippen LogP contribution in [-0.2, 0) is 22.6 Å². The van der Waals surface area contributed by atoms with E-state index in [-0.39, 0.29) is 17.8 Å². The van der Waals surface area contributed by atoms with E-state index in [1.807, 2.05) is 41.8 Å². The van der Waals surface area contributed by atoms with Crippen LogP contribution < -0.4 is 5.32 Å². The quantitative estimate of drug-likeness (QED) is 0.488. The first-order valence-electron chi connectivity index (χ1n) is 11.0. The van der Waals surface area contributed by atoms with Crippen LogP contribution in [0.5, 0.6) is 0 Å². The molecule has 9 heteroatoms. The lowest BCUT2D eigenvalue weighted by molar-refractivity contribution is -0.118. The van der Waals surface area contributed by atoms with Crippen molar-refractivity contribution in [3.05, 3.63) is 70.5 Å². The number of aryl methyl sites for hydroxylation is 1. The number of rotatable bonds is 8. The van der Waals surface area contributed by atoms with E-state index in [1.165, 1.54) is 17.3 Å². The number of nitrogens with zero attached hydrogens (tertiary/aromatic N) is 4. The van der Waals surface area contributed by atoms with Gasteiger partial charge in [-0.05, 0) is 42.7 Å². The molecule has 0 saturated carbocycles. The Morgan fingerprint density at radius 1 is 1.27 bits per heavy atom. The Balaban J connectivity index is 1.28. The summed E-state index contributed by atoms with van der Waals surface area (Å²) in [5.41, 5.74) is 4.20. The molecule has 0 radical (unpaired) electrons. The van der Waals surface area contributed by atoms with Crippen LogP contribution in [0.2, 0.25) is 5.02 Å². The Bertz CT molecular complexity index is 1110. The zero-order chi connectivity index (χ0) is 23.2. The van der Waals surface area contributed by atoms with Crippen molar-refractivity contribution in [2.75, 3.05) is 25.4 Å². The summed E-state index contributed by atoms with van der Waals surface area (Å²) in [6.07, 6.45) is 1.90. The van der Waals surface area contributed by atoms with Gasteiger partial charge >= 0.3 is 0 Å². The van der Waals surface area contributed by atoms with Crippen molar-refractivity contribution in [3.8, 4) is 5.69 Å². The van der Waals surface area contributed by atoms with Crippen LogP contribution >= 0.6 is 23.4 Å². The number of hydrogen-bond donors (Lipinski definition) is 1. The van der Waals surface area contributed by atoms with Crippen molar-refractivity contribution in [1.29, 1.82) is 0 Å². The number of amides is 1. The molecule has 0 bridgehead atoms. The van der Waals surface area contributed by atoms with E-state index in [0.717, 1.165) is 43.1 Å². The fraction of sp³-hybridized carbons (Fsp3) is 0.375. The molecule has 1 aliphatic heterocycles. The molecule has 174 valence electrons. The lowest BCUT2D eigenvalue weighted by atomic mass is 10.1. The molecule has 1 fully saturated rings. The molecular weight excluding hydrogens is 458 g/mol. The fourth-order valence-corrected chi connectivity index (χ4v) is 4.68. The Morgan fingerprint density at radius 3 is 2.94 bits per heavy atom. The molecular formula is C24H28ClN5O2S. The maximum Gasteiger partial charge on any atom is 0.230 e. The summed E-state index contributed by atoms with van der Waals surface area (Å²) in [7, 11) is 0. The van der Waals surface area contributed by atoms with Crippen molar-refractivity contribution in [3.63, 3.8) is 0 Å². The summed E-state index contributed by atoms with van der Waals surface area (Å²) in [6.45, 7) is 8.11. The average molecular weight is 486 g/mol. The Hall–Kier alpha value is -2.39. The Labute approximate surface area is 203 Å². The lowest BCUT2D eigenvalue weighted by Gasteiger charge is -2.31. The molecule has 33 heavy (non-hydrogen) atoms. The highest BCUT2D eigenvalue weighted by Gasteiger charge is 2.17. The van der Waals surface area contributed by atoms with E-state index in [0.29, 0.717) is 16.7 Å². The van der Waals surface area contributed by atoms with Gasteiger partial charge < -0.3 is 10.1 Å². The molecule has 2 heterocycles. The SMILES string of the molecule is Cc1ccc(-n2cnnc2SCC(=O)NCc2cccc(CN3CCOC(C)C3)c2)cc1Cl. The standard InChI is InChI=1S/C24H28ClN5O2S/c1-17-6-7-21(11-22(17)25)30-16-27-28-24(30)33-15-23(31)26-12-19-4-3-5-20(10-19)14-29-8-9-32-18(2)13-29/h3-7,10-11,16,18H,8-9,12-15H2,1-2H3,(H,26,31). The molecule has 3 aromatic rings. The molecule has 1 N–H and O–H groups in total. The van der Waals surface area contributed by atoms with Crippen LogP contribution in [0.1, 0.15) is 23.6 Å². The maximum atomic E-state index is 12.5.